The summed E-state index contributed by atoms with van der Waals surface area (Å²) in [7, 11) is -3.98. The summed E-state index contributed by atoms with van der Waals surface area (Å²) in [5.41, 5.74) is 2.37. The number of amides is 1. The first-order chi connectivity index (χ1) is 15.4. The summed E-state index contributed by atoms with van der Waals surface area (Å²) in [6.07, 6.45) is 5.28. The fraction of sp³-hybridized carbons (Fsp3) is 0.346. The summed E-state index contributed by atoms with van der Waals surface area (Å²) in [5.74, 6) is -0.262. The molecule has 0 radical (unpaired) electrons. The van der Waals surface area contributed by atoms with E-state index in [0.717, 1.165) is 42.2 Å². The predicted octanol–water partition coefficient (Wildman–Crippen LogP) is 5.10. The second-order valence-corrected chi connectivity index (χ2v) is 10.4. The molecule has 0 spiro atoms. The smallest absolute Gasteiger partial charge is 0.265 e. The average molecular weight is 451 g/mol. The van der Waals surface area contributed by atoms with Gasteiger partial charge in [-0.25, -0.2) is 8.42 Å². The first-order valence-corrected chi connectivity index (χ1v) is 12.7. The number of carbonyl (C=O) groups excluding carboxylic acids is 1. The number of rotatable bonds is 6. The lowest BCUT2D eigenvalue weighted by atomic mass is 9.95. The van der Waals surface area contributed by atoms with E-state index in [9.17, 15) is 13.2 Å². The Hall–Kier alpha value is -2.86. The van der Waals surface area contributed by atoms with Crippen molar-refractivity contribution in [3.63, 3.8) is 0 Å². The minimum absolute atomic E-state index is 0.122. The van der Waals surface area contributed by atoms with Crippen LogP contribution < -0.4 is 9.62 Å². The summed E-state index contributed by atoms with van der Waals surface area (Å²) in [4.78, 5) is 13.2. The standard InChI is InChI=1S/C26H30N2O3S/c1-19-10-8-16-24(20(19)2)28(18-26(29)27-22-13-4-3-5-14-22)32(30,31)25-17-9-12-21-11-6-7-15-23(21)25/h6-12,15-17,22H,3-5,13-14,18H2,1-2H3,(H,27,29). The Morgan fingerprint density at radius 2 is 1.62 bits per heavy atom. The van der Waals surface area contributed by atoms with Crippen LogP contribution >= 0.6 is 0 Å². The summed E-state index contributed by atoms with van der Waals surface area (Å²) < 4.78 is 29.2. The zero-order valence-corrected chi connectivity index (χ0v) is 19.5. The van der Waals surface area contributed by atoms with Crippen LogP contribution in [0.15, 0.2) is 65.6 Å². The van der Waals surface area contributed by atoms with Crippen LogP contribution in [-0.4, -0.2) is 26.9 Å². The molecule has 1 N–H and O–H groups in total. The largest absolute Gasteiger partial charge is 0.352 e. The van der Waals surface area contributed by atoms with E-state index in [1.165, 1.54) is 10.7 Å². The lowest BCUT2D eigenvalue weighted by Crippen LogP contribution is -2.45. The maximum absolute atomic E-state index is 14.0. The molecule has 168 valence electrons. The van der Waals surface area contributed by atoms with Crippen LogP contribution in [0.5, 0.6) is 0 Å². The average Bonchev–Trinajstić information content (AvgIpc) is 2.80. The van der Waals surface area contributed by atoms with Gasteiger partial charge in [0.05, 0.1) is 10.6 Å². The van der Waals surface area contributed by atoms with Gasteiger partial charge in [0.25, 0.3) is 10.0 Å². The molecule has 3 aromatic rings. The van der Waals surface area contributed by atoms with E-state index < -0.39 is 10.0 Å². The van der Waals surface area contributed by atoms with Crippen LogP contribution in [0.25, 0.3) is 10.8 Å². The minimum atomic E-state index is -3.98. The molecule has 1 saturated carbocycles. The van der Waals surface area contributed by atoms with Gasteiger partial charge in [0.2, 0.25) is 5.91 Å². The molecule has 0 aliphatic heterocycles. The third-order valence-corrected chi connectivity index (χ3v) is 8.24. The molecule has 5 nitrogen and oxygen atoms in total. The lowest BCUT2D eigenvalue weighted by Gasteiger charge is -2.28. The minimum Gasteiger partial charge on any atom is -0.352 e. The van der Waals surface area contributed by atoms with Crippen LogP contribution in [0.1, 0.15) is 43.2 Å². The second kappa shape index (κ2) is 9.33. The summed E-state index contributed by atoms with van der Waals surface area (Å²) in [5, 5.41) is 4.57. The van der Waals surface area contributed by atoms with E-state index >= 15 is 0 Å². The Labute approximate surface area is 190 Å². The van der Waals surface area contributed by atoms with E-state index in [0.29, 0.717) is 11.1 Å². The van der Waals surface area contributed by atoms with Gasteiger partial charge in [0.15, 0.2) is 0 Å². The van der Waals surface area contributed by atoms with Gasteiger partial charge in [-0.3, -0.25) is 9.10 Å². The fourth-order valence-electron chi connectivity index (χ4n) is 4.50. The number of nitrogens with zero attached hydrogens (tertiary/aromatic N) is 1. The molecule has 0 saturated heterocycles. The Morgan fingerprint density at radius 1 is 0.938 bits per heavy atom. The maximum Gasteiger partial charge on any atom is 0.265 e. The van der Waals surface area contributed by atoms with Crippen molar-refractivity contribution in [1.29, 1.82) is 0 Å². The van der Waals surface area contributed by atoms with Gasteiger partial charge >= 0.3 is 0 Å². The van der Waals surface area contributed by atoms with E-state index in [-0.39, 0.29) is 23.4 Å². The molecule has 0 aromatic heterocycles. The van der Waals surface area contributed by atoms with Gasteiger partial charge in [0.1, 0.15) is 6.54 Å². The number of aryl methyl sites for hydroxylation is 1. The van der Waals surface area contributed by atoms with Crippen molar-refractivity contribution in [3.05, 3.63) is 71.8 Å². The first-order valence-electron chi connectivity index (χ1n) is 11.2. The Balaban J connectivity index is 1.76. The highest BCUT2D eigenvalue weighted by molar-refractivity contribution is 7.93. The van der Waals surface area contributed by atoms with Crippen LogP contribution in [0.2, 0.25) is 0 Å². The van der Waals surface area contributed by atoms with Gasteiger partial charge in [0, 0.05) is 11.4 Å². The molecule has 0 atom stereocenters. The highest BCUT2D eigenvalue weighted by Crippen LogP contribution is 2.32. The summed E-state index contributed by atoms with van der Waals surface area (Å²) in [6.45, 7) is 3.60. The Morgan fingerprint density at radius 3 is 2.41 bits per heavy atom. The van der Waals surface area contributed by atoms with Crippen molar-refractivity contribution in [2.75, 3.05) is 10.8 Å². The molecule has 4 rings (SSSR count). The highest BCUT2D eigenvalue weighted by atomic mass is 32.2. The van der Waals surface area contributed by atoms with Crippen molar-refractivity contribution in [2.45, 2.75) is 56.9 Å². The van der Waals surface area contributed by atoms with Crippen LogP contribution in [0, 0.1) is 13.8 Å². The maximum atomic E-state index is 14.0. The van der Waals surface area contributed by atoms with Gasteiger partial charge in [-0.15, -0.1) is 0 Å². The molecule has 0 heterocycles. The van der Waals surface area contributed by atoms with Crippen LogP contribution in [0.4, 0.5) is 5.69 Å². The zero-order valence-electron chi connectivity index (χ0n) is 18.7. The number of hydrogen-bond acceptors (Lipinski definition) is 3. The number of hydrogen-bond donors (Lipinski definition) is 1. The summed E-state index contributed by atoms with van der Waals surface area (Å²) in [6, 6.07) is 18.4. The van der Waals surface area contributed by atoms with Gasteiger partial charge in [-0.1, -0.05) is 67.8 Å². The molecule has 3 aromatic carbocycles. The lowest BCUT2D eigenvalue weighted by molar-refractivity contribution is -0.120. The molecule has 1 aliphatic rings. The third-order valence-electron chi connectivity index (χ3n) is 6.42. The molecule has 1 aliphatic carbocycles. The number of benzene rings is 3. The normalized spacial score (nSPS) is 14.9. The molecule has 1 amide bonds. The van der Waals surface area contributed by atoms with E-state index in [4.69, 9.17) is 0 Å². The topological polar surface area (TPSA) is 66.5 Å². The number of carbonyl (C=O) groups is 1. The van der Waals surface area contributed by atoms with E-state index in [2.05, 4.69) is 5.32 Å². The van der Waals surface area contributed by atoms with E-state index in [1.54, 1.807) is 18.2 Å². The second-order valence-electron chi connectivity index (χ2n) is 8.61. The fourth-order valence-corrected chi connectivity index (χ4v) is 6.19. The zero-order chi connectivity index (χ0) is 22.7. The summed E-state index contributed by atoms with van der Waals surface area (Å²) >= 11 is 0. The molecule has 0 bridgehead atoms. The van der Waals surface area contributed by atoms with Gasteiger partial charge < -0.3 is 5.32 Å². The molecular formula is C26H30N2O3S. The van der Waals surface area contributed by atoms with Gasteiger partial charge in [-0.05, 0) is 55.3 Å². The predicted molar refractivity (Wildman–Crippen MR) is 129 cm³/mol. The van der Waals surface area contributed by atoms with Crippen molar-refractivity contribution in [3.8, 4) is 0 Å². The Bertz CT molecular complexity index is 1230. The highest BCUT2D eigenvalue weighted by Gasteiger charge is 2.30. The number of sulfonamides is 1. The number of fused-ring (bicyclic) bond motifs is 1. The monoisotopic (exact) mass is 450 g/mol. The molecular weight excluding hydrogens is 420 g/mol. The van der Waals surface area contributed by atoms with Crippen molar-refractivity contribution in [2.24, 2.45) is 0 Å². The quantitative estimate of drug-likeness (QED) is 0.568. The van der Waals surface area contributed by atoms with Crippen LogP contribution in [0.3, 0.4) is 0 Å². The number of nitrogens with one attached hydrogen (secondary N) is 1. The Kier molecular flexibility index (Phi) is 6.51. The first kappa shape index (κ1) is 22.3. The van der Waals surface area contributed by atoms with Crippen molar-refractivity contribution >= 4 is 32.4 Å². The molecule has 1 fully saturated rings. The molecule has 0 unspecified atom stereocenters. The third kappa shape index (κ3) is 4.51. The SMILES string of the molecule is Cc1cccc(N(CC(=O)NC2CCCCC2)S(=O)(=O)c2cccc3ccccc23)c1C. The van der Waals surface area contributed by atoms with Crippen molar-refractivity contribution in [1.82, 2.24) is 5.32 Å². The number of anilines is 1. The molecule has 32 heavy (non-hydrogen) atoms. The van der Waals surface area contributed by atoms with Gasteiger partial charge in [-0.2, -0.15) is 0 Å². The van der Waals surface area contributed by atoms with Crippen molar-refractivity contribution < 1.29 is 13.2 Å². The van der Waals surface area contributed by atoms with Crippen LogP contribution in [-0.2, 0) is 14.8 Å². The van der Waals surface area contributed by atoms with E-state index in [1.807, 2.05) is 56.3 Å². The molecule has 6 heteroatoms.